The van der Waals surface area contributed by atoms with Gasteiger partial charge in [-0.15, -0.1) is 0 Å². The van der Waals surface area contributed by atoms with Crippen molar-refractivity contribution >= 4 is 10.0 Å². The number of hydrogen-bond donors (Lipinski definition) is 1. The van der Waals surface area contributed by atoms with Crippen LogP contribution in [0.5, 0.6) is 17.2 Å². The molecule has 1 aliphatic heterocycles. The van der Waals surface area contributed by atoms with Crippen molar-refractivity contribution in [3.63, 3.8) is 0 Å². The lowest BCUT2D eigenvalue weighted by atomic mass is 10.2. The summed E-state index contributed by atoms with van der Waals surface area (Å²) in [4.78, 5) is 1.57. The first-order valence-electron chi connectivity index (χ1n) is 9.70. The fourth-order valence-electron chi connectivity index (χ4n) is 3.44. The van der Waals surface area contributed by atoms with Crippen molar-refractivity contribution in [2.75, 3.05) is 53.6 Å². The number of quaternary nitrogens is 1. The third-order valence-electron chi connectivity index (χ3n) is 5.23. The Labute approximate surface area is 172 Å². The van der Waals surface area contributed by atoms with E-state index in [0.717, 1.165) is 30.9 Å². The van der Waals surface area contributed by atoms with Crippen LogP contribution in [0, 0.1) is 6.92 Å². The van der Waals surface area contributed by atoms with Crippen LogP contribution in [0.15, 0.2) is 47.4 Å². The van der Waals surface area contributed by atoms with Crippen molar-refractivity contribution in [2.24, 2.45) is 0 Å². The van der Waals surface area contributed by atoms with E-state index in [2.05, 4.69) is 0 Å². The van der Waals surface area contributed by atoms with Crippen molar-refractivity contribution in [1.82, 2.24) is 4.31 Å². The zero-order valence-electron chi connectivity index (χ0n) is 17.2. The lowest BCUT2D eigenvalue weighted by Crippen LogP contribution is -3.15. The number of sulfonamides is 1. The number of benzene rings is 2. The van der Waals surface area contributed by atoms with E-state index in [-0.39, 0.29) is 4.90 Å². The monoisotopic (exact) mass is 421 g/mol. The van der Waals surface area contributed by atoms with E-state index in [1.807, 2.05) is 31.2 Å². The maximum absolute atomic E-state index is 13.0. The van der Waals surface area contributed by atoms with Gasteiger partial charge in [-0.2, -0.15) is 4.31 Å². The number of nitrogens with one attached hydrogen (secondary N) is 1. The Morgan fingerprint density at radius 2 is 1.66 bits per heavy atom. The van der Waals surface area contributed by atoms with Gasteiger partial charge >= 0.3 is 0 Å². The summed E-state index contributed by atoms with van der Waals surface area (Å²) >= 11 is 0. The fraction of sp³-hybridized carbons (Fsp3) is 0.429. The predicted octanol–water partition coefficient (Wildman–Crippen LogP) is 0.980. The van der Waals surface area contributed by atoms with E-state index in [9.17, 15) is 8.42 Å². The molecule has 3 rings (SSSR count). The molecule has 0 amide bonds. The summed E-state index contributed by atoms with van der Waals surface area (Å²) in [7, 11) is -0.539. The van der Waals surface area contributed by atoms with E-state index >= 15 is 0 Å². The van der Waals surface area contributed by atoms with Crippen LogP contribution < -0.4 is 19.1 Å². The zero-order valence-corrected chi connectivity index (χ0v) is 18.0. The highest BCUT2D eigenvalue weighted by molar-refractivity contribution is 7.89. The molecular formula is C21H29N2O5S+. The second kappa shape index (κ2) is 9.47. The van der Waals surface area contributed by atoms with Crippen LogP contribution in [-0.2, 0) is 10.0 Å². The maximum Gasteiger partial charge on any atom is 0.243 e. The Morgan fingerprint density at radius 3 is 2.31 bits per heavy atom. The molecule has 0 bridgehead atoms. The molecule has 0 aromatic heterocycles. The Hall–Kier alpha value is -2.29. The Balaban J connectivity index is 1.55. The van der Waals surface area contributed by atoms with E-state index < -0.39 is 10.0 Å². The van der Waals surface area contributed by atoms with Crippen molar-refractivity contribution in [3.8, 4) is 17.2 Å². The van der Waals surface area contributed by atoms with Gasteiger partial charge in [0.1, 0.15) is 18.9 Å². The number of nitrogens with zero attached hydrogens (tertiary/aromatic N) is 1. The van der Waals surface area contributed by atoms with Gasteiger partial charge in [0.15, 0.2) is 11.5 Å². The number of rotatable bonds is 8. The molecule has 0 aliphatic carbocycles. The molecule has 158 valence electrons. The third kappa shape index (κ3) is 5.01. The van der Waals surface area contributed by atoms with Crippen molar-refractivity contribution in [3.05, 3.63) is 48.0 Å². The molecular weight excluding hydrogens is 392 g/mol. The zero-order chi connectivity index (χ0) is 20.9. The molecule has 2 aromatic carbocycles. The highest BCUT2D eigenvalue weighted by atomic mass is 32.2. The molecule has 7 nitrogen and oxygen atoms in total. The molecule has 1 aliphatic rings. The minimum absolute atomic E-state index is 0.224. The SMILES string of the molecule is COc1ccc(S(=O)(=O)N2CC[NH+](CCOc3ccccc3C)CC2)cc1OC. The molecule has 0 saturated carbocycles. The van der Waals surface area contributed by atoms with Crippen LogP contribution in [0.25, 0.3) is 0 Å². The molecule has 0 spiro atoms. The van der Waals surface area contributed by atoms with Gasteiger partial charge < -0.3 is 19.1 Å². The van der Waals surface area contributed by atoms with Gasteiger partial charge in [-0.3, -0.25) is 0 Å². The smallest absolute Gasteiger partial charge is 0.243 e. The number of hydrogen-bond acceptors (Lipinski definition) is 5. The fourth-order valence-corrected chi connectivity index (χ4v) is 4.90. The average Bonchev–Trinajstić information content (AvgIpc) is 2.75. The summed E-state index contributed by atoms with van der Waals surface area (Å²) in [5, 5.41) is 0. The molecule has 0 atom stereocenters. The number of piperazine rings is 1. The molecule has 2 aromatic rings. The summed E-state index contributed by atoms with van der Waals surface area (Å²) in [6.45, 7) is 5.96. The van der Waals surface area contributed by atoms with Gasteiger partial charge in [-0.05, 0) is 30.7 Å². The van der Waals surface area contributed by atoms with E-state index in [4.69, 9.17) is 14.2 Å². The number of para-hydroxylation sites is 1. The van der Waals surface area contributed by atoms with Gasteiger partial charge in [-0.1, -0.05) is 18.2 Å². The van der Waals surface area contributed by atoms with Crippen LogP contribution in [0.3, 0.4) is 0 Å². The van der Waals surface area contributed by atoms with Gasteiger partial charge in [0.25, 0.3) is 0 Å². The topological polar surface area (TPSA) is 69.5 Å². The summed E-state index contributed by atoms with van der Waals surface area (Å²) in [5.41, 5.74) is 1.12. The minimum atomic E-state index is -3.56. The summed E-state index contributed by atoms with van der Waals surface area (Å²) in [5.74, 6) is 1.82. The van der Waals surface area contributed by atoms with Crippen molar-refractivity contribution in [1.29, 1.82) is 0 Å². The van der Waals surface area contributed by atoms with Crippen LogP contribution in [0.2, 0.25) is 0 Å². The van der Waals surface area contributed by atoms with Crippen molar-refractivity contribution < 1.29 is 27.5 Å². The van der Waals surface area contributed by atoms with Crippen LogP contribution >= 0.6 is 0 Å². The van der Waals surface area contributed by atoms with E-state index in [1.165, 1.54) is 25.2 Å². The van der Waals surface area contributed by atoms with E-state index in [1.54, 1.807) is 16.4 Å². The average molecular weight is 422 g/mol. The van der Waals surface area contributed by atoms with Crippen LogP contribution in [-0.4, -0.2) is 66.3 Å². The highest BCUT2D eigenvalue weighted by Gasteiger charge is 2.31. The molecule has 1 heterocycles. The molecule has 8 heteroatoms. The summed E-state index contributed by atoms with van der Waals surface area (Å²) in [6.07, 6.45) is 0. The number of ether oxygens (including phenoxy) is 3. The minimum Gasteiger partial charge on any atom is -0.493 e. The van der Waals surface area contributed by atoms with E-state index in [0.29, 0.717) is 31.2 Å². The maximum atomic E-state index is 13.0. The number of aryl methyl sites for hydroxylation is 1. The lowest BCUT2D eigenvalue weighted by molar-refractivity contribution is -0.903. The lowest BCUT2D eigenvalue weighted by Gasteiger charge is -2.31. The van der Waals surface area contributed by atoms with Crippen molar-refractivity contribution in [2.45, 2.75) is 11.8 Å². The van der Waals surface area contributed by atoms with Crippen LogP contribution in [0.4, 0.5) is 0 Å². The predicted molar refractivity (Wildman–Crippen MR) is 111 cm³/mol. The molecule has 1 fully saturated rings. The van der Waals surface area contributed by atoms with Gasteiger partial charge in [0, 0.05) is 6.07 Å². The van der Waals surface area contributed by atoms with Crippen LogP contribution in [0.1, 0.15) is 5.56 Å². The largest absolute Gasteiger partial charge is 0.493 e. The van der Waals surface area contributed by atoms with Gasteiger partial charge in [-0.25, -0.2) is 8.42 Å². The first kappa shape index (κ1) is 21.4. The number of methoxy groups -OCH3 is 2. The highest BCUT2D eigenvalue weighted by Crippen LogP contribution is 2.30. The molecule has 0 unspecified atom stereocenters. The van der Waals surface area contributed by atoms with Gasteiger partial charge in [0.05, 0.1) is 45.3 Å². The first-order valence-corrected chi connectivity index (χ1v) is 11.1. The van der Waals surface area contributed by atoms with Gasteiger partial charge in [0.2, 0.25) is 10.0 Å². The first-order chi connectivity index (χ1) is 14.0. The normalized spacial score (nSPS) is 15.8. The Bertz CT molecular complexity index is 924. The third-order valence-corrected chi connectivity index (χ3v) is 7.12. The summed E-state index contributed by atoms with van der Waals surface area (Å²) in [6, 6.07) is 12.7. The molecule has 29 heavy (non-hydrogen) atoms. The quantitative estimate of drug-likeness (QED) is 0.688. The second-order valence-corrected chi connectivity index (χ2v) is 8.97. The molecule has 1 saturated heterocycles. The molecule has 0 radical (unpaired) electrons. The Morgan fingerprint density at radius 1 is 0.966 bits per heavy atom. The Kier molecular flexibility index (Phi) is 7.00. The summed E-state index contributed by atoms with van der Waals surface area (Å²) < 4.78 is 43.8. The molecule has 1 N–H and O–H groups in total. The standard InChI is InChI=1S/C21H28N2O5S/c1-17-6-4-5-7-19(17)28-15-14-22-10-12-23(13-11-22)29(24,25)18-8-9-20(26-2)21(16-18)27-3/h4-9,16H,10-15H2,1-3H3/p+1. The second-order valence-electron chi connectivity index (χ2n) is 7.03.